The van der Waals surface area contributed by atoms with Gasteiger partial charge in [0.25, 0.3) is 0 Å². The molecule has 2 aromatic carbocycles. The van der Waals surface area contributed by atoms with Crippen molar-refractivity contribution in [2.45, 2.75) is 0 Å². The van der Waals surface area contributed by atoms with Crippen LogP contribution in [0.15, 0.2) is 59.6 Å². The molecule has 0 atom stereocenters. The third-order valence-corrected chi connectivity index (χ3v) is 4.18. The highest BCUT2D eigenvalue weighted by molar-refractivity contribution is 7.14. The van der Waals surface area contributed by atoms with E-state index in [0.717, 1.165) is 21.4 Å². The minimum atomic E-state index is 0.230. The van der Waals surface area contributed by atoms with E-state index in [1.54, 1.807) is 11.5 Å². The van der Waals surface area contributed by atoms with Crippen LogP contribution in [0.1, 0.15) is 0 Å². The molecule has 0 saturated heterocycles. The van der Waals surface area contributed by atoms with Crippen molar-refractivity contribution in [1.82, 2.24) is 13.8 Å². The van der Waals surface area contributed by atoms with Crippen LogP contribution in [-0.2, 0) is 0 Å². The number of nitrogens with zero attached hydrogens (tertiary/aromatic N) is 4. The van der Waals surface area contributed by atoms with Crippen molar-refractivity contribution in [2.75, 3.05) is 5.73 Å². The molecule has 2 heterocycles. The number of para-hydroxylation sites is 1. The van der Waals surface area contributed by atoms with Gasteiger partial charge in [-0.25, -0.2) is 8.78 Å². The number of nitrogen functional groups attached to an aromatic ring is 1. The van der Waals surface area contributed by atoms with Crippen LogP contribution in [-0.4, -0.2) is 13.8 Å². The van der Waals surface area contributed by atoms with Gasteiger partial charge in [0.1, 0.15) is 0 Å². The van der Waals surface area contributed by atoms with Gasteiger partial charge in [0.05, 0.1) is 10.4 Å². The zero-order valence-electron chi connectivity index (χ0n) is 11.0. The van der Waals surface area contributed by atoms with Crippen LogP contribution >= 0.6 is 11.5 Å². The lowest BCUT2D eigenvalue weighted by Gasteiger charge is -1.97. The van der Waals surface area contributed by atoms with Gasteiger partial charge in [0.15, 0.2) is 5.65 Å². The maximum Gasteiger partial charge on any atom is 0.249 e. The lowest BCUT2D eigenvalue weighted by molar-refractivity contribution is 0.972. The highest BCUT2D eigenvalue weighted by atomic mass is 32.1. The molecule has 0 unspecified atom stereocenters. The van der Waals surface area contributed by atoms with E-state index in [2.05, 4.69) is 21.0 Å². The van der Waals surface area contributed by atoms with Crippen LogP contribution in [0, 0.1) is 0 Å². The van der Waals surface area contributed by atoms with Crippen molar-refractivity contribution in [3.63, 3.8) is 0 Å². The first-order chi connectivity index (χ1) is 10.3. The maximum atomic E-state index is 5.84. The fourth-order valence-corrected chi connectivity index (χ4v) is 3.18. The molecule has 21 heavy (non-hydrogen) atoms. The molecule has 102 valence electrons. The summed E-state index contributed by atoms with van der Waals surface area (Å²) in [4.78, 5) is 13.2. The smallest absolute Gasteiger partial charge is 0.249 e. The van der Waals surface area contributed by atoms with E-state index in [1.165, 1.54) is 0 Å². The highest BCUT2D eigenvalue weighted by Crippen LogP contribution is 2.23. The number of anilines is 1. The SMILES string of the molecule is Nc1nc(=Nc2ccccc2)n2sc3ccccc3c2n1. The lowest BCUT2D eigenvalue weighted by atomic mass is 10.3. The molecule has 0 aliphatic rings. The highest BCUT2D eigenvalue weighted by Gasteiger charge is 2.08. The molecule has 0 bridgehead atoms. The first-order valence-corrected chi connectivity index (χ1v) is 7.23. The Morgan fingerprint density at radius 3 is 2.57 bits per heavy atom. The van der Waals surface area contributed by atoms with Crippen molar-refractivity contribution in [3.8, 4) is 0 Å². The van der Waals surface area contributed by atoms with Crippen LogP contribution in [0.25, 0.3) is 15.7 Å². The second kappa shape index (κ2) is 4.68. The van der Waals surface area contributed by atoms with Crippen molar-refractivity contribution in [2.24, 2.45) is 4.99 Å². The fourth-order valence-electron chi connectivity index (χ4n) is 2.19. The molecular formula is C15H11N5S. The van der Waals surface area contributed by atoms with Gasteiger partial charge in [-0.3, -0.25) is 0 Å². The molecule has 0 saturated carbocycles. The predicted molar refractivity (Wildman–Crippen MR) is 84.4 cm³/mol. The number of rotatable bonds is 1. The van der Waals surface area contributed by atoms with E-state index >= 15 is 0 Å². The third-order valence-electron chi connectivity index (χ3n) is 3.11. The van der Waals surface area contributed by atoms with Crippen LogP contribution in [0.4, 0.5) is 11.6 Å². The Labute approximate surface area is 124 Å². The summed E-state index contributed by atoms with van der Waals surface area (Å²) < 4.78 is 3.04. The van der Waals surface area contributed by atoms with Gasteiger partial charge in [-0.05, 0) is 35.8 Å². The van der Waals surface area contributed by atoms with Crippen molar-refractivity contribution < 1.29 is 0 Å². The van der Waals surface area contributed by atoms with Gasteiger partial charge >= 0.3 is 0 Å². The van der Waals surface area contributed by atoms with Crippen molar-refractivity contribution in [1.29, 1.82) is 0 Å². The Balaban J connectivity index is 2.12. The lowest BCUT2D eigenvalue weighted by Crippen LogP contribution is -2.19. The molecule has 2 N–H and O–H groups in total. The zero-order chi connectivity index (χ0) is 14.2. The van der Waals surface area contributed by atoms with Gasteiger partial charge in [-0.1, -0.05) is 30.3 Å². The second-order valence-corrected chi connectivity index (χ2v) is 5.52. The Morgan fingerprint density at radius 1 is 0.952 bits per heavy atom. The number of hydrogen-bond acceptors (Lipinski definition) is 5. The average molecular weight is 293 g/mol. The molecule has 6 heteroatoms. The number of fused-ring (bicyclic) bond motifs is 3. The summed E-state index contributed by atoms with van der Waals surface area (Å²) in [6.07, 6.45) is 0. The molecule has 5 nitrogen and oxygen atoms in total. The van der Waals surface area contributed by atoms with Gasteiger partial charge in [0, 0.05) is 5.39 Å². The molecule has 4 rings (SSSR count). The standard InChI is InChI=1S/C15H11N5S/c16-14-18-13-11-8-4-5-9-12(11)21-20(13)15(19-14)17-10-6-2-1-3-7-10/h1-9H,(H2,16,17,19). The summed E-state index contributed by atoms with van der Waals surface area (Å²) in [5.74, 6) is 0.230. The molecule has 2 aromatic heterocycles. The topological polar surface area (TPSA) is 68.6 Å². The molecule has 0 aliphatic carbocycles. The van der Waals surface area contributed by atoms with E-state index in [-0.39, 0.29) is 5.95 Å². The number of hydrogen-bond donors (Lipinski definition) is 1. The first kappa shape index (κ1) is 12.0. The minimum Gasteiger partial charge on any atom is -0.368 e. The molecule has 0 amide bonds. The van der Waals surface area contributed by atoms with Crippen LogP contribution in [0.2, 0.25) is 0 Å². The van der Waals surface area contributed by atoms with Crippen molar-refractivity contribution in [3.05, 3.63) is 60.2 Å². The largest absolute Gasteiger partial charge is 0.368 e. The number of nitrogens with two attached hydrogens (primary N) is 1. The summed E-state index contributed by atoms with van der Waals surface area (Å²) in [6, 6.07) is 17.8. The van der Waals surface area contributed by atoms with Crippen LogP contribution in [0.3, 0.4) is 0 Å². The molecule has 0 aliphatic heterocycles. The summed E-state index contributed by atoms with van der Waals surface area (Å²) in [7, 11) is 0. The summed E-state index contributed by atoms with van der Waals surface area (Å²) in [5, 5.41) is 1.06. The number of benzene rings is 2. The molecule has 0 spiro atoms. The summed E-state index contributed by atoms with van der Waals surface area (Å²) >= 11 is 1.56. The van der Waals surface area contributed by atoms with Crippen LogP contribution < -0.4 is 11.4 Å². The third kappa shape index (κ3) is 2.05. The fraction of sp³-hybridized carbons (Fsp3) is 0. The Kier molecular flexibility index (Phi) is 2.68. The van der Waals surface area contributed by atoms with E-state index in [9.17, 15) is 0 Å². The molecule has 0 fully saturated rings. The van der Waals surface area contributed by atoms with Crippen LogP contribution in [0.5, 0.6) is 0 Å². The summed E-state index contributed by atoms with van der Waals surface area (Å²) in [6.45, 7) is 0. The predicted octanol–water partition coefficient (Wildman–Crippen LogP) is 2.76. The minimum absolute atomic E-state index is 0.230. The monoisotopic (exact) mass is 293 g/mol. The Bertz CT molecular complexity index is 1000. The first-order valence-electron chi connectivity index (χ1n) is 6.45. The van der Waals surface area contributed by atoms with Gasteiger partial charge in [-0.2, -0.15) is 9.97 Å². The normalized spacial score (nSPS) is 12.3. The Hall–Kier alpha value is -2.73. The average Bonchev–Trinajstić information content (AvgIpc) is 2.87. The van der Waals surface area contributed by atoms with Gasteiger partial charge in [0.2, 0.25) is 11.6 Å². The quantitative estimate of drug-likeness (QED) is 0.586. The van der Waals surface area contributed by atoms with E-state index in [0.29, 0.717) is 5.62 Å². The van der Waals surface area contributed by atoms with E-state index in [4.69, 9.17) is 5.73 Å². The van der Waals surface area contributed by atoms with Gasteiger partial charge < -0.3 is 5.73 Å². The summed E-state index contributed by atoms with van der Waals surface area (Å²) in [5.41, 5.74) is 8.01. The Morgan fingerprint density at radius 2 is 1.71 bits per heavy atom. The molecular weight excluding hydrogens is 282 g/mol. The molecule has 4 aromatic rings. The van der Waals surface area contributed by atoms with Crippen molar-refractivity contribution >= 4 is 38.9 Å². The molecule has 0 radical (unpaired) electrons. The van der Waals surface area contributed by atoms with E-state index < -0.39 is 0 Å². The zero-order valence-corrected chi connectivity index (χ0v) is 11.8. The number of aromatic nitrogens is 3. The maximum absolute atomic E-state index is 5.84. The second-order valence-electron chi connectivity index (χ2n) is 4.53. The van der Waals surface area contributed by atoms with Gasteiger partial charge in [-0.15, -0.1) is 0 Å². The van der Waals surface area contributed by atoms with E-state index in [1.807, 2.05) is 52.3 Å².